The van der Waals surface area contributed by atoms with Crippen LogP contribution in [0.1, 0.15) is 21.1 Å². The van der Waals surface area contributed by atoms with Crippen molar-refractivity contribution < 1.29 is 14.3 Å². The van der Waals surface area contributed by atoms with Gasteiger partial charge in [0.25, 0.3) is 5.91 Å². The van der Waals surface area contributed by atoms with Gasteiger partial charge < -0.3 is 19.3 Å². The lowest BCUT2D eigenvalue weighted by Crippen LogP contribution is -2.49. The maximum atomic E-state index is 13.4. The van der Waals surface area contributed by atoms with Crippen LogP contribution in [0.3, 0.4) is 0 Å². The van der Waals surface area contributed by atoms with Crippen molar-refractivity contribution in [2.75, 3.05) is 45.3 Å². The van der Waals surface area contributed by atoms with Crippen LogP contribution in [0, 0.1) is 6.92 Å². The van der Waals surface area contributed by atoms with E-state index in [1.165, 1.54) is 11.3 Å². The van der Waals surface area contributed by atoms with Crippen molar-refractivity contribution in [3.05, 3.63) is 46.6 Å². The van der Waals surface area contributed by atoms with Crippen LogP contribution in [0.5, 0.6) is 5.88 Å². The minimum Gasteiger partial charge on any atom is -0.480 e. The number of carbonyl (C=O) groups excluding carboxylic acids is 1. The van der Waals surface area contributed by atoms with Crippen LogP contribution in [0.15, 0.2) is 30.3 Å². The van der Waals surface area contributed by atoms with Crippen LogP contribution in [0.25, 0.3) is 15.9 Å². The smallest absolute Gasteiger partial charge is 0.264 e. The molecule has 1 aromatic carbocycles. The molecular weight excluding hydrogens is 456 g/mol. The van der Waals surface area contributed by atoms with Gasteiger partial charge in [0, 0.05) is 33.3 Å². The highest BCUT2D eigenvalue weighted by atomic mass is 32.1. The molecular formula is C22H24N8O3S. The third kappa shape index (κ3) is 3.94. The molecule has 1 aliphatic rings. The quantitative estimate of drug-likeness (QED) is 0.409. The topological polar surface area (TPSA) is 111 Å². The van der Waals surface area contributed by atoms with E-state index in [0.29, 0.717) is 48.7 Å². The third-order valence-corrected chi connectivity index (χ3v) is 6.94. The average molecular weight is 481 g/mol. The Kier molecular flexibility index (Phi) is 6.07. The summed E-state index contributed by atoms with van der Waals surface area (Å²) in [5, 5.41) is 13.0. The number of amides is 1. The van der Waals surface area contributed by atoms with Crippen molar-refractivity contribution in [3.8, 4) is 11.6 Å². The first-order chi connectivity index (χ1) is 16.6. The van der Waals surface area contributed by atoms with Gasteiger partial charge in [0.1, 0.15) is 11.4 Å². The number of tetrazole rings is 1. The number of ether oxygens (including phenoxy) is 2. The predicted molar refractivity (Wildman–Crippen MR) is 127 cm³/mol. The summed E-state index contributed by atoms with van der Waals surface area (Å²) in [4.78, 5) is 27.8. The van der Waals surface area contributed by atoms with E-state index in [9.17, 15) is 4.79 Å². The van der Waals surface area contributed by atoms with E-state index in [1.807, 2.05) is 42.2 Å². The van der Waals surface area contributed by atoms with Crippen LogP contribution >= 0.6 is 11.3 Å². The average Bonchev–Trinajstić information content (AvgIpc) is 3.49. The molecule has 34 heavy (non-hydrogen) atoms. The lowest BCUT2D eigenvalue weighted by molar-refractivity contribution is 0.0750. The molecule has 0 unspecified atom stereocenters. The van der Waals surface area contributed by atoms with Crippen LogP contribution in [0.4, 0.5) is 5.95 Å². The second kappa shape index (κ2) is 9.31. The number of benzene rings is 1. The summed E-state index contributed by atoms with van der Waals surface area (Å²) >= 11 is 1.37. The Morgan fingerprint density at radius 1 is 1.09 bits per heavy atom. The Labute approximate surface area is 199 Å². The molecule has 5 rings (SSSR count). The number of hydrogen-bond acceptors (Lipinski definition) is 10. The van der Waals surface area contributed by atoms with Gasteiger partial charge in [-0.25, -0.2) is 4.98 Å². The van der Waals surface area contributed by atoms with Gasteiger partial charge in [-0.2, -0.15) is 9.67 Å². The Morgan fingerprint density at radius 3 is 2.56 bits per heavy atom. The first kappa shape index (κ1) is 22.2. The summed E-state index contributed by atoms with van der Waals surface area (Å²) in [6.07, 6.45) is 0. The van der Waals surface area contributed by atoms with E-state index in [0.717, 1.165) is 21.5 Å². The maximum Gasteiger partial charge on any atom is 0.264 e. The molecule has 1 fully saturated rings. The lowest BCUT2D eigenvalue weighted by Gasteiger charge is -2.34. The van der Waals surface area contributed by atoms with E-state index in [-0.39, 0.29) is 12.5 Å². The molecule has 4 heterocycles. The van der Waals surface area contributed by atoms with Crippen molar-refractivity contribution in [2.24, 2.45) is 0 Å². The minimum atomic E-state index is -0.0156. The number of fused-ring (bicyclic) bond motifs is 1. The van der Waals surface area contributed by atoms with E-state index in [1.54, 1.807) is 18.9 Å². The normalized spacial score (nSPS) is 14.1. The van der Waals surface area contributed by atoms with Gasteiger partial charge in [-0.1, -0.05) is 23.3 Å². The van der Waals surface area contributed by atoms with Crippen LogP contribution < -0.4 is 9.64 Å². The number of para-hydroxylation sites is 1. The third-order valence-electron chi connectivity index (χ3n) is 5.77. The first-order valence-electron chi connectivity index (χ1n) is 10.8. The van der Waals surface area contributed by atoms with Crippen molar-refractivity contribution >= 4 is 33.4 Å². The highest BCUT2D eigenvalue weighted by Gasteiger charge is 2.29. The SMILES string of the molecule is COCc1nc(OC)c2c(C)c(C(=O)N3CCN(c4nnnn4-c4ccccc4)CC3)sc2n1. The van der Waals surface area contributed by atoms with Gasteiger partial charge in [0.2, 0.25) is 11.8 Å². The number of rotatable bonds is 6. The number of thiophene rings is 1. The zero-order valence-corrected chi connectivity index (χ0v) is 19.9. The molecule has 0 spiro atoms. The van der Waals surface area contributed by atoms with Gasteiger partial charge in [-0.3, -0.25) is 4.79 Å². The summed E-state index contributed by atoms with van der Waals surface area (Å²) in [7, 11) is 3.16. The van der Waals surface area contributed by atoms with E-state index < -0.39 is 0 Å². The van der Waals surface area contributed by atoms with Crippen molar-refractivity contribution in [1.29, 1.82) is 0 Å². The second-order valence-corrected chi connectivity index (χ2v) is 8.82. The number of methoxy groups -OCH3 is 2. The number of aryl methyl sites for hydroxylation is 1. The van der Waals surface area contributed by atoms with Crippen molar-refractivity contribution in [3.63, 3.8) is 0 Å². The number of nitrogens with zero attached hydrogens (tertiary/aromatic N) is 8. The summed E-state index contributed by atoms with van der Waals surface area (Å²) < 4.78 is 12.4. The Bertz CT molecular complexity index is 1310. The van der Waals surface area contributed by atoms with E-state index in [2.05, 4.69) is 30.4 Å². The molecule has 1 aliphatic heterocycles. The number of piperazine rings is 1. The lowest BCUT2D eigenvalue weighted by atomic mass is 10.2. The summed E-state index contributed by atoms with van der Waals surface area (Å²) in [6.45, 7) is 4.57. The second-order valence-electron chi connectivity index (χ2n) is 7.82. The molecule has 1 saturated heterocycles. The molecule has 0 aliphatic carbocycles. The van der Waals surface area contributed by atoms with Crippen LogP contribution in [-0.2, 0) is 11.3 Å². The molecule has 0 saturated carbocycles. The fourth-order valence-electron chi connectivity index (χ4n) is 4.06. The van der Waals surface area contributed by atoms with Gasteiger partial charge in [0.05, 0.1) is 23.1 Å². The first-order valence-corrected chi connectivity index (χ1v) is 11.6. The fraction of sp³-hybridized carbons (Fsp3) is 0.364. The molecule has 0 atom stereocenters. The fourth-order valence-corrected chi connectivity index (χ4v) is 5.22. The summed E-state index contributed by atoms with van der Waals surface area (Å²) in [5.41, 5.74) is 1.73. The number of anilines is 1. The van der Waals surface area contributed by atoms with E-state index in [4.69, 9.17) is 9.47 Å². The molecule has 0 bridgehead atoms. The molecule has 12 heteroatoms. The van der Waals surface area contributed by atoms with Gasteiger partial charge in [-0.15, -0.1) is 11.3 Å². The maximum absolute atomic E-state index is 13.4. The zero-order valence-electron chi connectivity index (χ0n) is 19.1. The Hall–Kier alpha value is -3.64. The molecule has 3 aromatic heterocycles. The Balaban J connectivity index is 1.35. The largest absolute Gasteiger partial charge is 0.480 e. The molecule has 11 nitrogen and oxygen atoms in total. The molecule has 0 radical (unpaired) electrons. The Morgan fingerprint density at radius 2 is 1.85 bits per heavy atom. The number of hydrogen-bond donors (Lipinski definition) is 0. The monoisotopic (exact) mass is 480 g/mol. The number of aromatic nitrogens is 6. The molecule has 176 valence electrons. The van der Waals surface area contributed by atoms with Crippen molar-refractivity contribution in [2.45, 2.75) is 13.5 Å². The molecule has 4 aromatic rings. The summed E-state index contributed by atoms with van der Waals surface area (Å²) in [5.74, 6) is 1.64. The zero-order chi connectivity index (χ0) is 23.7. The highest BCUT2D eigenvalue weighted by molar-refractivity contribution is 7.20. The molecule has 1 amide bonds. The standard InChI is InChI=1S/C22H24N8O3S/c1-14-17-19(33-3)23-16(13-32-2)24-20(17)34-18(14)21(31)28-9-11-29(12-10-28)22-25-26-27-30(22)15-7-5-4-6-8-15/h4-8H,9-13H2,1-3H3. The van der Waals surface area contributed by atoms with E-state index >= 15 is 0 Å². The highest BCUT2D eigenvalue weighted by Crippen LogP contribution is 2.36. The molecule has 0 N–H and O–H groups in total. The van der Waals surface area contributed by atoms with Crippen LogP contribution in [0.2, 0.25) is 0 Å². The van der Waals surface area contributed by atoms with Crippen molar-refractivity contribution in [1.82, 2.24) is 35.1 Å². The predicted octanol–water partition coefficient (Wildman–Crippen LogP) is 2.09. The van der Waals surface area contributed by atoms with Gasteiger partial charge in [0.15, 0.2) is 5.82 Å². The summed E-state index contributed by atoms with van der Waals surface area (Å²) in [6, 6.07) is 9.76. The van der Waals surface area contributed by atoms with Gasteiger partial charge in [-0.05, 0) is 35.0 Å². The number of carbonyl (C=O) groups is 1. The minimum absolute atomic E-state index is 0.0156. The van der Waals surface area contributed by atoms with Crippen LogP contribution in [-0.4, -0.2) is 81.4 Å². The van der Waals surface area contributed by atoms with Gasteiger partial charge >= 0.3 is 0 Å².